The molecule has 1 atom stereocenters. The van der Waals surface area contributed by atoms with Crippen LogP contribution in [-0.4, -0.2) is 50.6 Å². The van der Waals surface area contributed by atoms with Crippen LogP contribution >= 0.6 is 24.0 Å². The average molecular weight is 463 g/mol. The van der Waals surface area contributed by atoms with Crippen LogP contribution in [0.5, 0.6) is 5.75 Å². The average Bonchev–Trinajstić information content (AvgIpc) is 3.42. The molecule has 3 N–H and O–H groups in total. The van der Waals surface area contributed by atoms with E-state index in [0.29, 0.717) is 31.6 Å². The number of aliphatic imine (C=N–C) groups is 1. The number of guanidine groups is 1. The van der Waals surface area contributed by atoms with E-state index in [2.05, 4.69) is 15.6 Å². The van der Waals surface area contributed by atoms with Gasteiger partial charge in [-0.1, -0.05) is 18.2 Å². The van der Waals surface area contributed by atoms with E-state index in [1.807, 2.05) is 31.2 Å². The zero-order chi connectivity index (χ0) is 17.2. The van der Waals surface area contributed by atoms with Gasteiger partial charge < -0.3 is 25.2 Å². The van der Waals surface area contributed by atoms with E-state index >= 15 is 0 Å². The second-order valence-corrected chi connectivity index (χ2v) is 6.02. The van der Waals surface area contributed by atoms with Gasteiger partial charge in [0.1, 0.15) is 5.75 Å². The van der Waals surface area contributed by atoms with Gasteiger partial charge in [0.2, 0.25) is 0 Å². The molecule has 1 aromatic carbocycles. The van der Waals surface area contributed by atoms with Crippen LogP contribution in [0.25, 0.3) is 0 Å². The molecule has 1 fully saturated rings. The molecule has 25 heavy (non-hydrogen) atoms. The first-order valence-electron chi connectivity index (χ1n) is 8.62. The number of halogens is 1. The summed E-state index contributed by atoms with van der Waals surface area (Å²) in [6, 6.07) is 7.82. The number of hydrogen-bond donors (Lipinski definition) is 3. The van der Waals surface area contributed by atoms with Gasteiger partial charge in [-0.15, -0.1) is 24.0 Å². The fourth-order valence-electron chi connectivity index (χ4n) is 2.27. The Kier molecular flexibility index (Phi) is 10.8. The van der Waals surface area contributed by atoms with Gasteiger partial charge in [-0.2, -0.15) is 0 Å². The summed E-state index contributed by atoms with van der Waals surface area (Å²) in [5.41, 5.74) is 1.02. The summed E-state index contributed by atoms with van der Waals surface area (Å²) in [5.74, 6) is 2.21. The van der Waals surface area contributed by atoms with Crippen molar-refractivity contribution in [2.24, 2.45) is 10.9 Å². The van der Waals surface area contributed by atoms with E-state index in [1.54, 1.807) is 7.11 Å². The highest BCUT2D eigenvalue weighted by atomic mass is 127. The van der Waals surface area contributed by atoms with Crippen LogP contribution in [0.15, 0.2) is 29.3 Å². The number of para-hydroxylation sites is 1. The predicted molar refractivity (Wildman–Crippen MR) is 111 cm³/mol. The maximum atomic E-state index is 9.98. The summed E-state index contributed by atoms with van der Waals surface area (Å²) >= 11 is 0. The molecule has 0 aromatic heterocycles. The van der Waals surface area contributed by atoms with Crippen LogP contribution in [0.1, 0.15) is 25.3 Å². The van der Waals surface area contributed by atoms with Crippen molar-refractivity contribution in [3.05, 3.63) is 29.8 Å². The van der Waals surface area contributed by atoms with Crippen LogP contribution in [0.2, 0.25) is 0 Å². The number of nitrogens with one attached hydrogen (secondary N) is 2. The number of methoxy groups -OCH3 is 1. The Bertz CT molecular complexity index is 524. The van der Waals surface area contributed by atoms with Crippen LogP contribution < -0.4 is 15.4 Å². The van der Waals surface area contributed by atoms with Crippen LogP contribution in [0.4, 0.5) is 0 Å². The number of hydrogen-bond acceptors (Lipinski definition) is 4. The molecule has 0 amide bonds. The van der Waals surface area contributed by atoms with Gasteiger partial charge in [0, 0.05) is 25.3 Å². The SMILES string of the molecule is CCNC(=NCc1ccccc1OC)NCC(O)COCC1CC1.I. The maximum absolute atomic E-state index is 9.98. The summed E-state index contributed by atoms with van der Waals surface area (Å²) in [6.45, 7) is 4.80. The fraction of sp³-hybridized carbons (Fsp3) is 0.611. The number of ether oxygens (including phenoxy) is 2. The Balaban J connectivity index is 0.00000312. The van der Waals surface area contributed by atoms with E-state index in [-0.39, 0.29) is 24.0 Å². The molecule has 1 saturated carbocycles. The molecule has 0 saturated heterocycles. The molecular weight excluding hydrogens is 433 g/mol. The number of aliphatic hydroxyl groups is 1. The molecular formula is C18H30IN3O3. The van der Waals surface area contributed by atoms with Crippen LogP contribution in [0, 0.1) is 5.92 Å². The lowest BCUT2D eigenvalue weighted by molar-refractivity contribution is 0.0345. The third-order valence-corrected chi connectivity index (χ3v) is 3.81. The molecule has 1 aliphatic carbocycles. The summed E-state index contributed by atoms with van der Waals surface area (Å²) in [6.07, 6.45) is 1.97. The third-order valence-electron chi connectivity index (χ3n) is 3.81. The minimum Gasteiger partial charge on any atom is -0.496 e. The molecule has 7 heteroatoms. The zero-order valence-electron chi connectivity index (χ0n) is 15.0. The van der Waals surface area contributed by atoms with Gasteiger partial charge in [-0.3, -0.25) is 0 Å². The minimum absolute atomic E-state index is 0. The fourth-order valence-corrected chi connectivity index (χ4v) is 2.27. The van der Waals surface area contributed by atoms with E-state index in [1.165, 1.54) is 12.8 Å². The van der Waals surface area contributed by atoms with E-state index < -0.39 is 6.10 Å². The molecule has 0 heterocycles. The second-order valence-electron chi connectivity index (χ2n) is 6.02. The van der Waals surface area contributed by atoms with Crippen molar-refractivity contribution in [3.8, 4) is 5.75 Å². The Hall–Kier alpha value is -1.06. The number of benzene rings is 1. The molecule has 0 bridgehead atoms. The monoisotopic (exact) mass is 463 g/mol. The number of rotatable bonds is 10. The van der Waals surface area contributed by atoms with Crippen molar-refractivity contribution < 1.29 is 14.6 Å². The summed E-state index contributed by atoms with van der Waals surface area (Å²) < 4.78 is 10.8. The minimum atomic E-state index is -0.543. The summed E-state index contributed by atoms with van der Waals surface area (Å²) in [5, 5.41) is 16.3. The van der Waals surface area contributed by atoms with Gasteiger partial charge in [0.25, 0.3) is 0 Å². The highest BCUT2D eigenvalue weighted by Gasteiger charge is 2.21. The number of nitrogens with zero attached hydrogens (tertiary/aromatic N) is 1. The van der Waals surface area contributed by atoms with E-state index in [4.69, 9.17) is 9.47 Å². The molecule has 142 valence electrons. The zero-order valence-corrected chi connectivity index (χ0v) is 17.4. The van der Waals surface area contributed by atoms with Crippen molar-refractivity contribution in [1.29, 1.82) is 0 Å². The molecule has 1 unspecified atom stereocenters. The van der Waals surface area contributed by atoms with Gasteiger partial charge in [0.05, 0.1) is 26.4 Å². The molecule has 1 aromatic rings. The third kappa shape index (κ3) is 8.73. The van der Waals surface area contributed by atoms with Gasteiger partial charge in [-0.25, -0.2) is 4.99 Å². The van der Waals surface area contributed by atoms with Crippen molar-refractivity contribution in [2.45, 2.75) is 32.4 Å². The summed E-state index contributed by atoms with van der Waals surface area (Å²) in [7, 11) is 1.66. The Labute approximate surface area is 167 Å². The highest BCUT2D eigenvalue weighted by molar-refractivity contribution is 14.0. The summed E-state index contributed by atoms with van der Waals surface area (Å²) in [4.78, 5) is 4.55. The Morgan fingerprint density at radius 1 is 1.32 bits per heavy atom. The second kappa shape index (κ2) is 12.3. The molecule has 2 rings (SSSR count). The first-order valence-corrected chi connectivity index (χ1v) is 8.62. The van der Waals surface area contributed by atoms with Crippen LogP contribution in [-0.2, 0) is 11.3 Å². The predicted octanol–water partition coefficient (Wildman–Crippen LogP) is 2.16. The van der Waals surface area contributed by atoms with Crippen molar-refractivity contribution in [2.75, 3.05) is 33.4 Å². The van der Waals surface area contributed by atoms with Crippen molar-refractivity contribution in [3.63, 3.8) is 0 Å². The topological polar surface area (TPSA) is 75.1 Å². The quantitative estimate of drug-likeness (QED) is 0.282. The highest BCUT2D eigenvalue weighted by Crippen LogP contribution is 2.28. The molecule has 0 aliphatic heterocycles. The lowest BCUT2D eigenvalue weighted by Crippen LogP contribution is -2.42. The van der Waals surface area contributed by atoms with E-state index in [0.717, 1.165) is 24.5 Å². The Morgan fingerprint density at radius 3 is 2.76 bits per heavy atom. The van der Waals surface area contributed by atoms with Crippen LogP contribution in [0.3, 0.4) is 0 Å². The lowest BCUT2D eigenvalue weighted by Gasteiger charge is -2.15. The normalized spacial score (nSPS) is 15.2. The first-order chi connectivity index (χ1) is 11.7. The van der Waals surface area contributed by atoms with Gasteiger partial charge in [0.15, 0.2) is 5.96 Å². The molecule has 1 aliphatic rings. The standard InChI is InChI=1S/C18H29N3O3.HI/c1-3-19-18(20-10-15-6-4-5-7-17(15)23-2)21-11-16(22)13-24-12-14-8-9-14;/h4-7,14,16,22H,3,8-13H2,1-2H3,(H2,19,20,21);1H. The lowest BCUT2D eigenvalue weighted by atomic mass is 10.2. The molecule has 6 nitrogen and oxygen atoms in total. The maximum Gasteiger partial charge on any atom is 0.191 e. The molecule has 0 radical (unpaired) electrons. The number of aliphatic hydroxyl groups excluding tert-OH is 1. The van der Waals surface area contributed by atoms with Gasteiger partial charge in [-0.05, 0) is 31.7 Å². The van der Waals surface area contributed by atoms with Crippen molar-refractivity contribution >= 4 is 29.9 Å². The van der Waals surface area contributed by atoms with E-state index in [9.17, 15) is 5.11 Å². The van der Waals surface area contributed by atoms with Crippen molar-refractivity contribution in [1.82, 2.24) is 10.6 Å². The van der Waals surface area contributed by atoms with Gasteiger partial charge >= 0.3 is 0 Å². The largest absolute Gasteiger partial charge is 0.496 e. The Morgan fingerprint density at radius 2 is 2.08 bits per heavy atom. The first kappa shape index (κ1) is 22.0. The molecule has 0 spiro atoms. The smallest absolute Gasteiger partial charge is 0.191 e.